The van der Waals surface area contributed by atoms with E-state index in [4.69, 9.17) is 0 Å². The van der Waals surface area contributed by atoms with Gasteiger partial charge in [0.1, 0.15) is 5.75 Å². The van der Waals surface area contributed by atoms with Crippen LogP contribution in [0.2, 0.25) is 0 Å². The second-order valence-electron chi connectivity index (χ2n) is 5.60. The van der Waals surface area contributed by atoms with Gasteiger partial charge in [-0.05, 0) is 67.5 Å². The van der Waals surface area contributed by atoms with Crippen LogP contribution in [-0.2, 0) is 12.8 Å². The standard InChI is InChI=1S/C18H20OS/c1-12-10-14-11-16(20-15-6-4-3-5-7-15)8-9-17(14)13(2)18(12)19/h3-7,10,16,19H,8-9,11H2,1-2H3. The summed E-state index contributed by atoms with van der Waals surface area (Å²) in [5, 5.41) is 10.7. The molecule has 0 amide bonds. The molecular weight excluding hydrogens is 264 g/mol. The first-order valence-electron chi connectivity index (χ1n) is 7.18. The molecule has 0 bridgehead atoms. The summed E-state index contributed by atoms with van der Waals surface area (Å²) in [7, 11) is 0. The van der Waals surface area contributed by atoms with Gasteiger partial charge in [0.25, 0.3) is 0 Å². The summed E-state index contributed by atoms with van der Waals surface area (Å²) in [6.45, 7) is 4.04. The van der Waals surface area contributed by atoms with E-state index in [1.54, 1.807) is 0 Å². The number of phenolic OH excluding ortho intramolecular Hbond substituents is 1. The Morgan fingerprint density at radius 3 is 2.65 bits per heavy atom. The summed E-state index contributed by atoms with van der Waals surface area (Å²) < 4.78 is 0. The van der Waals surface area contributed by atoms with Crippen LogP contribution >= 0.6 is 11.8 Å². The zero-order chi connectivity index (χ0) is 14.1. The lowest BCUT2D eigenvalue weighted by Gasteiger charge is -2.26. The molecule has 1 unspecified atom stereocenters. The van der Waals surface area contributed by atoms with Gasteiger partial charge in [0.15, 0.2) is 0 Å². The highest BCUT2D eigenvalue weighted by Crippen LogP contribution is 2.37. The number of hydrogen-bond donors (Lipinski definition) is 1. The van der Waals surface area contributed by atoms with Crippen LogP contribution in [-0.4, -0.2) is 10.4 Å². The number of aryl methyl sites for hydroxylation is 1. The first-order valence-corrected chi connectivity index (χ1v) is 8.05. The molecule has 0 saturated heterocycles. The third-order valence-corrected chi connectivity index (χ3v) is 5.45. The van der Waals surface area contributed by atoms with E-state index < -0.39 is 0 Å². The maximum atomic E-state index is 10.1. The summed E-state index contributed by atoms with van der Waals surface area (Å²) >= 11 is 1.98. The quantitative estimate of drug-likeness (QED) is 0.865. The Hall–Kier alpha value is -1.41. The summed E-state index contributed by atoms with van der Waals surface area (Å²) in [4.78, 5) is 1.35. The predicted octanol–water partition coefficient (Wildman–Crippen LogP) is 4.66. The van der Waals surface area contributed by atoms with Gasteiger partial charge in [-0.25, -0.2) is 0 Å². The van der Waals surface area contributed by atoms with Crippen molar-refractivity contribution >= 4 is 11.8 Å². The van der Waals surface area contributed by atoms with Crippen LogP contribution in [0.15, 0.2) is 41.3 Å². The molecule has 1 N–H and O–H groups in total. The third-order valence-electron chi connectivity index (χ3n) is 4.17. The Balaban J connectivity index is 1.82. The van der Waals surface area contributed by atoms with E-state index in [1.807, 2.05) is 25.6 Å². The first kappa shape index (κ1) is 13.6. The van der Waals surface area contributed by atoms with E-state index in [9.17, 15) is 5.11 Å². The maximum absolute atomic E-state index is 10.1. The lowest BCUT2D eigenvalue weighted by molar-refractivity contribution is 0.464. The predicted molar refractivity (Wildman–Crippen MR) is 85.7 cm³/mol. The molecular formula is C18H20OS. The number of phenols is 1. The highest BCUT2D eigenvalue weighted by molar-refractivity contribution is 8.00. The van der Waals surface area contributed by atoms with E-state index in [-0.39, 0.29) is 0 Å². The fourth-order valence-electron chi connectivity index (χ4n) is 3.07. The second kappa shape index (κ2) is 5.53. The molecule has 3 rings (SSSR count). The number of benzene rings is 2. The van der Waals surface area contributed by atoms with Gasteiger partial charge in [0.2, 0.25) is 0 Å². The zero-order valence-corrected chi connectivity index (χ0v) is 12.8. The van der Waals surface area contributed by atoms with Crippen molar-refractivity contribution < 1.29 is 5.11 Å². The molecule has 20 heavy (non-hydrogen) atoms. The zero-order valence-electron chi connectivity index (χ0n) is 12.0. The molecule has 1 nitrogen and oxygen atoms in total. The summed E-state index contributed by atoms with van der Waals surface area (Å²) in [5.41, 5.74) is 4.89. The average molecular weight is 284 g/mol. The van der Waals surface area contributed by atoms with E-state index in [2.05, 4.69) is 36.4 Å². The number of thioether (sulfide) groups is 1. The molecule has 0 saturated carbocycles. The van der Waals surface area contributed by atoms with E-state index >= 15 is 0 Å². The van der Waals surface area contributed by atoms with Crippen LogP contribution < -0.4 is 0 Å². The van der Waals surface area contributed by atoms with Gasteiger partial charge in [-0.2, -0.15) is 0 Å². The Bertz CT molecular complexity index is 619. The van der Waals surface area contributed by atoms with E-state index in [0.29, 0.717) is 11.0 Å². The lowest BCUT2D eigenvalue weighted by atomic mass is 9.86. The molecule has 0 heterocycles. The molecule has 0 aliphatic heterocycles. The normalized spacial score (nSPS) is 17.8. The van der Waals surface area contributed by atoms with Crippen molar-refractivity contribution in [2.75, 3.05) is 0 Å². The van der Waals surface area contributed by atoms with Gasteiger partial charge in [0, 0.05) is 10.1 Å². The lowest BCUT2D eigenvalue weighted by Crippen LogP contribution is -2.17. The topological polar surface area (TPSA) is 20.2 Å². The van der Waals surface area contributed by atoms with Crippen molar-refractivity contribution in [3.8, 4) is 5.75 Å². The molecule has 0 radical (unpaired) electrons. The first-order chi connectivity index (χ1) is 9.65. The minimum Gasteiger partial charge on any atom is -0.507 e. The molecule has 1 aliphatic rings. The molecule has 2 aromatic carbocycles. The van der Waals surface area contributed by atoms with Gasteiger partial charge >= 0.3 is 0 Å². The summed E-state index contributed by atoms with van der Waals surface area (Å²) in [5.74, 6) is 0.484. The van der Waals surface area contributed by atoms with Gasteiger partial charge in [0.05, 0.1) is 0 Å². The van der Waals surface area contributed by atoms with Crippen LogP contribution in [0.4, 0.5) is 0 Å². The summed E-state index contributed by atoms with van der Waals surface area (Å²) in [6, 6.07) is 12.8. The van der Waals surface area contributed by atoms with Crippen LogP contribution in [0.5, 0.6) is 5.75 Å². The molecule has 0 aromatic heterocycles. The average Bonchev–Trinajstić information content (AvgIpc) is 2.46. The van der Waals surface area contributed by atoms with E-state index in [1.165, 1.54) is 22.4 Å². The molecule has 104 valence electrons. The SMILES string of the molecule is Cc1cc2c(c(C)c1O)CCC(Sc1ccccc1)C2. The molecule has 2 heteroatoms. The van der Waals surface area contributed by atoms with Crippen LogP contribution in [0.25, 0.3) is 0 Å². The monoisotopic (exact) mass is 284 g/mol. The van der Waals surface area contributed by atoms with Crippen molar-refractivity contribution in [1.29, 1.82) is 0 Å². The van der Waals surface area contributed by atoms with Gasteiger partial charge in [-0.1, -0.05) is 24.3 Å². The number of rotatable bonds is 2. The Labute approximate surface area is 125 Å². The van der Waals surface area contributed by atoms with Crippen molar-refractivity contribution in [2.24, 2.45) is 0 Å². The van der Waals surface area contributed by atoms with Gasteiger partial charge in [-0.15, -0.1) is 11.8 Å². The molecule has 1 atom stereocenters. The van der Waals surface area contributed by atoms with Gasteiger partial charge < -0.3 is 5.11 Å². The van der Waals surface area contributed by atoms with Crippen molar-refractivity contribution in [3.05, 3.63) is 58.7 Å². The third kappa shape index (κ3) is 2.57. The van der Waals surface area contributed by atoms with Gasteiger partial charge in [-0.3, -0.25) is 0 Å². The minimum absolute atomic E-state index is 0.484. The van der Waals surface area contributed by atoms with Crippen LogP contribution in [0.1, 0.15) is 28.7 Å². The number of hydrogen-bond acceptors (Lipinski definition) is 2. The Morgan fingerprint density at radius 1 is 1.15 bits per heavy atom. The number of fused-ring (bicyclic) bond motifs is 1. The van der Waals surface area contributed by atoms with Crippen LogP contribution in [0.3, 0.4) is 0 Å². The van der Waals surface area contributed by atoms with Crippen LogP contribution in [0, 0.1) is 13.8 Å². The highest BCUT2D eigenvalue weighted by atomic mass is 32.2. The Morgan fingerprint density at radius 2 is 1.90 bits per heavy atom. The van der Waals surface area contributed by atoms with Crippen molar-refractivity contribution in [1.82, 2.24) is 0 Å². The minimum atomic E-state index is 0.484. The maximum Gasteiger partial charge on any atom is 0.121 e. The number of aromatic hydroxyl groups is 1. The van der Waals surface area contributed by atoms with Crippen molar-refractivity contribution in [3.63, 3.8) is 0 Å². The van der Waals surface area contributed by atoms with Crippen molar-refractivity contribution in [2.45, 2.75) is 43.3 Å². The Kier molecular flexibility index (Phi) is 3.75. The molecule has 0 fully saturated rings. The fraction of sp³-hybridized carbons (Fsp3) is 0.333. The smallest absolute Gasteiger partial charge is 0.121 e. The van der Waals surface area contributed by atoms with E-state index in [0.717, 1.165) is 24.0 Å². The summed E-state index contributed by atoms with van der Waals surface area (Å²) in [6.07, 6.45) is 3.38. The largest absolute Gasteiger partial charge is 0.507 e. The second-order valence-corrected chi connectivity index (χ2v) is 6.97. The molecule has 1 aliphatic carbocycles. The highest BCUT2D eigenvalue weighted by Gasteiger charge is 2.22. The molecule has 2 aromatic rings. The fourth-order valence-corrected chi connectivity index (χ4v) is 4.27. The molecule has 0 spiro atoms.